The Kier molecular flexibility index (Phi) is 2.45. The van der Waals surface area contributed by atoms with Gasteiger partial charge in [0.25, 0.3) is 0 Å². The minimum absolute atomic E-state index is 0.230. The second kappa shape index (κ2) is 3.36. The first-order valence-corrected chi connectivity index (χ1v) is 3.79. The van der Waals surface area contributed by atoms with Crippen LogP contribution in [0.4, 0.5) is 5.69 Å². The lowest BCUT2D eigenvalue weighted by molar-refractivity contribution is 1.26. The molecule has 1 aromatic carbocycles. The maximum Gasteiger partial charge on any atom is 0.0542 e. The Morgan fingerprint density at radius 1 is 1.50 bits per heavy atom. The predicted octanol–water partition coefficient (Wildman–Crippen LogP) is 0.904. The summed E-state index contributed by atoms with van der Waals surface area (Å²) in [5.74, 6) is 0. The lowest BCUT2D eigenvalue weighted by atomic mass is 10.1. The number of hydrogen-bond acceptors (Lipinski definition) is 3. The first-order chi connectivity index (χ1) is 5.65. The van der Waals surface area contributed by atoms with Crippen LogP contribution in [-0.4, -0.2) is 12.3 Å². The largest absolute Gasteiger partial charge is 0.398 e. The van der Waals surface area contributed by atoms with Crippen LogP contribution in [-0.2, 0) is 0 Å². The molecule has 0 atom stereocenters. The van der Waals surface area contributed by atoms with E-state index in [1.165, 1.54) is 0 Å². The minimum atomic E-state index is 0.230. The second-order valence-electron chi connectivity index (χ2n) is 2.77. The molecule has 5 N–H and O–H groups in total. The van der Waals surface area contributed by atoms with E-state index in [0.717, 1.165) is 11.1 Å². The molecule has 0 aliphatic heterocycles. The van der Waals surface area contributed by atoms with Crippen LogP contribution in [0.15, 0.2) is 18.2 Å². The monoisotopic (exact) mass is 163 g/mol. The average molecular weight is 163 g/mol. The van der Waals surface area contributed by atoms with E-state index in [1.54, 1.807) is 6.07 Å². The Labute approximate surface area is 71.9 Å². The zero-order chi connectivity index (χ0) is 9.14. The summed E-state index contributed by atoms with van der Waals surface area (Å²) in [7, 11) is 0. The molecule has 64 valence electrons. The molecule has 0 saturated heterocycles. The summed E-state index contributed by atoms with van der Waals surface area (Å²) in [4.78, 5) is 0. The molecule has 0 aliphatic rings. The van der Waals surface area contributed by atoms with Crippen LogP contribution in [0.3, 0.4) is 0 Å². The summed E-state index contributed by atoms with van der Waals surface area (Å²) in [5, 5.41) is 7.51. The quantitative estimate of drug-likeness (QED) is 0.447. The third-order valence-corrected chi connectivity index (χ3v) is 1.74. The van der Waals surface area contributed by atoms with Crippen LogP contribution in [0.25, 0.3) is 0 Å². The number of hydrogen-bond donors (Lipinski definition) is 3. The summed E-state index contributed by atoms with van der Waals surface area (Å²) in [6.07, 6.45) is 0. The van der Waals surface area contributed by atoms with Crippen LogP contribution in [0.5, 0.6) is 0 Å². The number of nitrogen functional groups attached to an aromatic ring is 1. The molecular weight excluding hydrogens is 150 g/mol. The van der Waals surface area contributed by atoms with E-state index in [9.17, 15) is 0 Å². The molecule has 12 heavy (non-hydrogen) atoms. The van der Waals surface area contributed by atoms with Crippen LogP contribution in [0.2, 0.25) is 0 Å². The van der Waals surface area contributed by atoms with Gasteiger partial charge in [-0.05, 0) is 19.1 Å². The topological polar surface area (TPSA) is 75.9 Å². The number of nitrogens with one attached hydrogen (secondary N) is 1. The van der Waals surface area contributed by atoms with Crippen LogP contribution >= 0.6 is 0 Å². The van der Waals surface area contributed by atoms with Gasteiger partial charge in [-0.3, -0.25) is 0 Å². The highest BCUT2D eigenvalue weighted by molar-refractivity contribution is 6.03. The lowest BCUT2D eigenvalue weighted by Gasteiger charge is -2.05. The molecule has 3 heteroatoms. The van der Waals surface area contributed by atoms with E-state index < -0.39 is 0 Å². The van der Waals surface area contributed by atoms with Crippen molar-refractivity contribution >= 4 is 11.4 Å². The molecular formula is C9H13N3. The van der Waals surface area contributed by atoms with Gasteiger partial charge in [0.15, 0.2) is 0 Å². The fourth-order valence-electron chi connectivity index (χ4n) is 1.04. The van der Waals surface area contributed by atoms with Crippen LogP contribution in [0.1, 0.15) is 11.1 Å². The van der Waals surface area contributed by atoms with E-state index in [2.05, 4.69) is 0 Å². The second-order valence-corrected chi connectivity index (χ2v) is 2.77. The molecule has 0 aliphatic carbocycles. The van der Waals surface area contributed by atoms with Crippen molar-refractivity contribution in [2.24, 2.45) is 5.73 Å². The van der Waals surface area contributed by atoms with Crippen LogP contribution in [0, 0.1) is 12.3 Å². The molecule has 1 aromatic rings. The molecule has 0 heterocycles. The normalized spacial score (nSPS) is 9.83. The molecule has 0 saturated carbocycles. The smallest absolute Gasteiger partial charge is 0.0542 e. The van der Waals surface area contributed by atoms with E-state index in [1.807, 2.05) is 19.1 Å². The fraction of sp³-hybridized carbons (Fsp3) is 0.222. The number of aryl methyl sites for hydroxylation is 1. The van der Waals surface area contributed by atoms with E-state index in [0.29, 0.717) is 11.4 Å². The number of nitrogens with two attached hydrogens (primary N) is 2. The van der Waals surface area contributed by atoms with Crippen LogP contribution < -0.4 is 11.5 Å². The SMILES string of the molecule is Cc1ccc(N)c(C(=N)CN)c1. The van der Waals surface area contributed by atoms with Gasteiger partial charge >= 0.3 is 0 Å². The molecule has 1 rings (SSSR count). The van der Waals surface area contributed by atoms with Gasteiger partial charge in [-0.2, -0.15) is 0 Å². The zero-order valence-electron chi connectivity index (χ0n) is 7.09. The van der Waals surface area contributed by atoms with Crippen molar-refractivity contribution in [3.05, 3.63) is 29.3 Å². The molecule has 0 amide bonds. The van der Waals surface area contributed by atoms with Crippen molar-refractivity contribution < 1.29 is 0 Å². The molecule has 0 spiro atoms. The Morgan fingerprint density at radius 2 is 2.17 bits per heavy atom. The standard InChI is InChI=1S/C9H13N3/c1-6-2-3-8(11)7(4-6)9(12)5-10/h2-4,12H,5,10-11H2,1H3. The molecule has 0 fully saturated rings. The van der Waals surface area contributed by atoms with Gasteiger partial charge in [-0.25, -0.2) is 0 Å². The van der Waals surface area contributed by atoms with Gasteiger partial charge < -0.3 is 16.9 Å². The summed E-state index contributed by atoms with van der Waals surface area (Å²) in [6, 6.07) is 5.60. The summed E-state index contributed by atoms with van der Waals surface area (Å²) in [5.41, 5.74) is 13.9. The Hall–Kier alpha value is -1.35. The maximum atomic E-state index is 7.51. The van der Waals surface area contributed by atoms with Gasteiger partial charge in [0, 0.05) is 17.8 Å². The van der Waals surface area contributed by atoms with Crippen molar-refractivity contribution in [2.75, 3.05) is 12.3 Å². The van der Waals surface area contributed by atoms with Crippen molar-refractivity contribution in [2.45, 2.75) is 6.92 Å². The van der Waals surface area contributed by atoms with Gasteiger partial charge in [-0.1, -0.05) is 11.6 Å². The first-order valence-electron chi connectivity index (χ1n) is 3.79. The average Bonchev–Trinajstić information content (AvgIpc) is 2.08. The van der Waals surface area contributed by atoms with Gasteiger partial charge in [0.2, 0.25) is 0 Å². The Morgan fingerprint density at radius 3 is 2.75 bits per heavy atom. The van der Waals surface area contributed by atoms with E-state index in [-0.39, 0.29) is 6.54 Å². The number of rotatable bonds is 2. The maximum absolute atomic E-state index is 7.51. The third-order valence-electron chi connectivity index (χ3n) is 1.74. The fourth-order valence-corrected chi connectivity index (χ4v) is 1.04. The van der Waals surface area contributed by atoms with Gasteiger partial charge in [-0.15, -0.1) is 0 Å². The molecule has 0 aromatic heterocycles. The van der Waals surface area contributed by atoms with Crippen molar-refractivity contribution in [3.8, 4) is 0 Å². The highest BCUT2D eigenvalue weighted by atomic mass is 14.6. The highest BCUT2D eigenvalue weighted by Crippen LogP contribution is 2.13. The van der Waals surface area contributed by atoms with Gasteiger partial charge in [0.05, 0.1) is 5.71 Å². The number of benzene rings is 1. The Balaban J connectivity index is 3.13. The van der Waals surface area contributed by atoms with Crippen molar-refractivity contribution in [3.63, 3.8) is 0 Å². The van der Waals surface area contributed by atoms with Gasteiger partial charge in [0.1, 0.15) is 0 Å². The first kappa shape index (κ1) is 8.74. The van der Waals surface area contributed by atoms with E-state index in [4.69, 9.17) is 16.9 Å². The summed E-state index contributed by atoms with van der Waals surface area (Å²) in [6.45, 7) is 2.19. The molecule has 0 bridgehead atoms. The lowest BCUT2D eigenvalue weighted by Crippen LogP contribution is -2.15. The summed E-state index contributed by atoms with van der Waals surface area (Å²) >= 11 is 0. The van der Waals surface area contributed by atoms with Crippen molar-refractivity contribution in [1.82, 2.24) is 0 Å². The molecule has 3 nitrogen and oxygen atoms in total. The minimum Gasteiger partial charge on any atom is -0.398 e. The predicted molar refractivity (Wildman–Crippen MR) is 51.5 cm³/mol. The van der Waals surface area contributed by atoms with Crippen molar-refractivity contribution in [1.29, 1.82) is 5.41 Å². The summed E-state index contributed by atoms with van der Waals surface area (Å²) < 4.78 is 0. The number of anilines is 1. The highest BCUT2D eigenvalue weighted by Gasteiger charge is 2.03. The molecule has 0 unspecified atom stereocenters. The zero-order valence-corrected chi connectivity index (χ0v) is 7.09. The third kappa shape index (κ3) is 1.62. The molecule has 0 radical (unpaired) electrons. The Bertz CT molecular complexity index is 305. The van der Waals surface area contributed by atoms with E-state index >= 15 is 0 Å².